The van der Waals surface area contributed by atoms with Crippen LogP contribution in [0.2, 0.25) is 0 Å². The lowest BCUT2D eigenvalue weighted by Crippen LogP contribution is -2.47. The summed E-state index contributed by atoms with van der Waals surface area (Å²) in [5.74, 6) is 0.744. The number of likely N-dealkylation sites (tertiary alicyclic amines) is 2. The second-order valence-electron chi connectivity index (χ2n) is 6.52. The minimum absolute atomic E-state index is 0.0297. The highest BCUT2D eigenvalue weighted by Gasteiger charge is 2.31. The number of amides is 2. The highest BCUT2D eigenvalue weighted by molar-refractivity contribution is 5.89. The van der Waals surface area contributed by atoms with Gasteiger partial charge in [0, 0.05) is 51.1 Å². The maximum Gasteiger partial charge on any atom is 0.321 e. The van der Waals surface area contributed by atoms with E-state index in [0.717, 1.165) is 56.9 Å². The van der Waals surface area contributed by atoms with E-state index in [0.29, 0.717) is 12.1 Å². The number of nitrogens with one attached hydrogen (secondary N) is 1. The minimum atomic E-state index is -0.0297. The van der Waals surface area contributed by atoms with Gasteiger partial charge < -0.3 is 19.7 Å². The average molecular weight is 333 g/mol. The fourth-order valence-electron chi connectivity index (χ4n) is 3.62. The molecule has 1 atom stereocenters. The molecule has 3 rings (SSSR count). The van der Waals surface area contributed by atoms with Crippen molar-refractivity contribution in [2.75, 3.05) is 45.7 Å². The van der Waals surface area contributed by atoms with Crippen molar-refractivity contribution in [3.05, 3.63) is 24.3 Å². The summed E-state index contributed by atoms with van der Waals surface area (Å²) in [4.78, 5) is 16.9. The quantitative estimate of drug-likeness (QED) is 0.919. The second kappa shape index (κ2) is 7.85. The number of rotatable bonds is 4. The number of urea groups is 1. The van der Waals surface area contributed by atoms with E-state index < -0.39 is 0 Å². The molecule has 6 heteroatoms. The molecule has 0 radical (unpaired) electrons. The summed E-state index contributed by atoms with van der Waals surface area (Å²) >= 11 is 0. The summed E-state index contributed by atoms with van der Waals surface area (Å²) in [7, 11) is 3.41. The summed E-state index contributed by atoms with van der Waals surface area (Å²) in [6, 6.07) is 8.00. The molecule has 1 N–H and O–H groups in total. The Kier molecular flexibility index (Phi) is 5.58. The molecule has 24 heavy (non-hydrogen) atoms. The minimum Gasteiger partial charge on any atom is -0.497 e. The molecule has 0 aliphatic carbocycles. The van der Waals surface area contributed by atoms with Crippen LogP contribution in [0, 0.1) is 0 Å². The van der Waals surface area contributed by atoms with Gasteiger partial charge in [-0.05, 0) is 31.4 Å². The Labute approximate surface area is 143 Å². The van der Waals surface area contributed by atoms with E-state index in [9.17, 15) is 4.79 Å². The van der Waals surface area contributed by atoms with E-state index in [1.165, 1.54) is 0 Å². The van der Waals surface area contributed by atoms with Crippen molar-refractivity contribution in [3.8, 4) is 5.75 Å². The van der Waals surface area contributed by atoms with Gasteiger partial charge in [0.15, 0.2) is 0 Å². The Hall–Kier alpha value is -1.79. The number of hydrogen-bond acceptors (Lipinski definition) is 4. The molecule has 6 nitrogen and oxygen atoms in total. The number of hydrogen-bond donors (Lipinski definition) is 1. The van der Waals surface area contributed by atoms with E-state index in [1.54, 1.807) is 14.2 Å². The molecule has 2 aliphatic heterocycles. The van der Waals surface area contributed by atoms with Crippen LogP contribution in [0.1, 0.15) is 19.3 Å². The number of benzene rings is 1. The van der Waals surface area contributed by atoms with Crippen molar-refractivity contribution in [1.29, 1.82) is 0 Å². The van der Waals surface area contributed by atoms with Gasteiger partial charge >= 0.3 is 6.03 Å². The molecule has 1 aromatic rings. The molecule has 2 saturated heterocycles. The largest absolute Gasteiger partial charge is 0.497 e. The highest BCUT2D eigenvalue weighted by atomic mass is 16.5. The molecule has 0 bridgehead atoms. The van der Waals surface area contributed by atoms with Crippen LogP contribution in [-0.2, 0) is 4.74 Å². The molecule has 0 spiro atoms. The lowest BCUT2D eigenvalue weighted by atomic mass is 10.0. The van der Waals surface area contributed by atoms with E-state index in [4.69, 9.17) is 9.47 Å². The van der Waals surface area contributed by atoms with Crippen LogP contribution in [0.3, 0.4) is 0 Å². The van der Waals surface area contributed by atoms with Crippen LogP contribution in [0.4, 0.5) is 10.5 Å². The monoisotopic (exact) mass is 333 g/mol. The maximum absolute atomic E-state index is 12.4. The van der Waals surface area contributed by atoms with Gasteiger partial charge in [0.2, 0.25) is 0 Å². The van der Waals surface area contributed by atoms with E-state index in [-0.39, 0.29) is 6.03 Å². The third-order valence-electron chi connectivity index (χ3n) is 5.10. The van der Waals surface area contributed by atoms with E-state index >= 15 is 0 Å². The highest BCUT2D eigenvalue weighted by Crippen LogP contribution is 2.23. The van der Waals surface area contributed by atoms with Gasteiger partial charge in [0.1, 0.15) is 5.75 Å². The number of carbonyl (C=O) groups is 1. The molecule has 132 valence electrons. The van der Waals surface area contributed by atoms with Gasteiger partial charge in [0.25, 0.3) is 0 Å². The summed E-state index contributed by atoms with van der Waals surface area (Å²) < 4.78 is 10.6. The van der Waals surface area contributed by atoms with Crippen molar-refractivity contribution >= 4 is 11.7 Å². The number of piperidine rings is 1. The predicted molar refractivity (Wildman–Crippen MR) is 93.6 cm³/mol. The second-order valence-corrected chi connectivity index (χ2v) is 6.52. The Bertz CT molecular complexity index is 558. The first-order chi connectivity index (χ1) is 11.7. The van der Waals surface area contributed by atoms with Crippen LogP contribution in [0.5, 0.6) is 5.75 Å². The number of carbonyl (C=O) groups excluding carboxylic acids is 1. The standard InChI is InChI=1S/C18H27N3O3/c1-23-16-5-3-4-14(12-16)19-18(22)20-9-6-15(7-10-20)21-11-8-17(13-21)24-2/h3-5,12,15,17H,6-11,13H2,1-2H3,(H,19,22). The molecule has 1 aromatic carbocycles. The van der Waals surface area contributed by atoms with Crippen LogP contribution < -0.4 is 10.1 Å². The third-order valence-corrected chi connectivity index (χ3v) is 5.10. The normalized spacial score (nSPS) is 22.6. The first-order valence-electron chi connectivity index (χ1n) is 8.66. The molecule has 2 amide bonds. The summed E-state index contributed by atoms with van der Waals surface area (Å²) in [5, 5.41) is 2.96. The van der Waals surface area contributed by atoms with Gasteiger partial charge in [-0.1, -0.05) is 6.07 Å². The number of methoxy groups -OCH3 is 2. The van der Waals surface area contributed by atoms with Gasteiger partial charge in [0.05, 0.1) is 13.2 Å². The van der Waals surface area contributed by atoms with E-state index in [1.807, 2.05) is 29.2 Å². The third kappa shape index (κ3) is 3.99. The topological polar surface area (TPSA) is 54.0 Å². The number of anilines is 1. The summed E-state index contributed by atoms with van der Waals surface area (Å²) in [6.07, 6.45) is 3.55. The summed E-state index contributed by atoms with van der Waals surface area (Å²) in [5.41, 5.74) is 0.768. The van der Waals surface area contributed by atoms with Crippen molar-refractivity contribution in [2.45, 2.75) is 31.4 Å². The van der Waals surface area contributed by atoms with Crippen molar-refractivity contribution in [3.63, 3.8) is 0 Å². The Morgan fingerprint density at radius 3 is 2.62 bits per heavy atom. The molecule has 2 aliphatic rings. The Balaban J connectivity index is 1.48. The lowest BCUT2D eigenvalue weighted by Gasteiger charge is -2.36. The fourth-order valence-corrected chi connectivity index (χ4v) is 3.62. The van der Waals surface area contributed by atoms with Crippen molar-refractivity contribution < 1.29 is 14.3 Å². The number of ether oxygens (including phenoxy) is 2. The first kappa shape index (κ1) is 17.0. The zero-order valence-corrected chi connectivity index (χ0v) is 14.5. The molecular formula is C18H27N3O3. The maximum atomic E-state index is 12.4. The zero-order chi connectivity index (χ0) is 16.9. The van der Waals surface area contributed by atoms with Gasteiger partial charge in [-0.3, -0.25) is 4.90 Å². The zero-order valence-electron chi connectivity index (χ0n) is 14.5. The fraction of sp³-hybridized carbons (Fsp3) is 0.611. The van der Waals surface area contributed by atoms with Gasteiger partial charge in [-0.15, -0.1) is 0 Å². The van der Waals surface area contributed by atoms with Gasteiger partial charge in [-0.25, -0.2) is 4.79 Å². The van der Waals surface area contributed by atoms with Crippen molar-refractivity contribution in [2.24, 2.45) is 0 Å². The van der Waals surface area contributed by atoms with Crippen LogP contribution in [-0.4, -0.2) is 68.4 Å². The Morgan fingerprint density at radius 2 is 1.96 bits per heavy atom. The Morgan fingerprint density at radius 1 is 1.17 bits per heavy atom. The smallest absolute Gasteiger partial charge is 0.321 e. The SMILES string of the molecule is COc1cccc(NC(=O)N2CCC(N3CCC(OC)C3)CC2)c1. The predicted octanol–water partition coefficient (Wildman–Crippen LogP) is 2.41. The number of nitrogens with zero attached hydrogens (tertiary/aromatic N) is 2. The van der Waals surface area contributed by atoms with Crippen LogP contribution in [0.15, 0.2) is 24.3 Å². The van der Waals surface area contributed by atoms with Crippen molar-refractivity contribution in [1.82, 2.24) is 9.80 Å². The molecule has 2 heterocycles. The van der Waals surface area contributed by atoms with Crippen LogP contribution >= 0.6 is 0 Å². The first-order valence-corrected chi connectivity index (χ1v) is 8.66. The average Bonchev–Trinajstić information content (AvgIpc) is 3.11. The van der Waals surface area contributed by atoms with Gasteiger partial charge in [-0.2, -0.15) is 0 Å². The molecule has 0 aromatic heterocycles. The molecule has 2 fully saturated rings. The lowest BCUT2D eigenvalue weighted by molar-refractivity contribution is 0.0889. The van der Waals surface area contributed by atoms with E-state index in [2.05, 4.69) is 10.2 Å². The summed E-state index contributed by atoms with van der Waals surface area (Å²) in [6.45, 7) is 3.74. The van der Waals surface area contributed by atoms with Crippen LogP contribution in [0.25, 0.3) is 0 Å². The molecule has 0 saturated carbocycles. The molecular weight excluding hydrogens is 306 g/mol. The molecule has 1 unspecified atom stereocenters.